The molecule has 0 radical (unpaired) electrons. The van der Waals surface area contributed by atoms with Gasteiger partial charge in [0.15, 0.2) is 0 Å². The van der Waals surface area contributed by atoms with Crippen LogP contribution in [0.25, 0.3) is 0 Å². The van der Waals surface area contributed by atoms with E-state index in [0.717, 1.165) is 61.4 Å². The number of hydrogen-bond acceptors (Lipinski definition) is 4. The van der Waals surface area contributed by atoms with Gasteiger partial charge in [-0.2, -0.15) is 0 Å². The van der Waals surface area contributed by atoms with Crippen LogP contribution in [0.2, 0.25) is 0 Å². The van der Waals surface area contributed by atoms with Crippen molar-refractivity contribution in [2.75, 3.05) is 25.6 Å². The van der Waals surface area contributed by atoms with Crippen molar-refractivity contribution in [2.45, 2.75) is 64.7 Å². The molecule has 0 saturated heterocycles. The Morgan fingerprint density at radius 3 is 2.64 bits per heavy atom. The van der Waals surface area contributed by atoms with E-state index in [9.17, 15) is 9.90 Å². The molecule has 180 valence electrons. The summed E-state index contributed by atoms with van der Waals surface area (Å²) in [7, 11) is 1.69. The fourth-order valence-electron chi connectivity index (χ4n) is 4.68. The molecule has 0 aliphatic heterocycles. The second-order valence-corrected chi connectivity index (χ2v) is 9.33. The molecule has 1 aliphatic rings. The zero-order valence-corrected chi connectivity index (χ0v) is 20.3. The van der Waals surface area contributed by atoms with Crippen LogP contribution in [0.15, 0.2) is 42.5 Å². The molecule has 5 heteroatoms. The Hall–Kier alpha value is -2.69. The third-order valence-corrected chi connectivity index (χ3v) is 6.90. The lowest BCUT2D eigenvalue weighted by Gasteiger charge is -2.33. The van der Waals surface area contributed by atoms with Crippen LogP contribution in [0.4, 0.5) is 5.69 Å². The molecule has 3 rings (SSSR count). The lowest BCUT2D eigenvalue weighted by atomic mass is 9.72. The second-order valence-electron chi connectivity index (χ2n) is 9.33. The van der Waals surface area contributed by atoms with Gasteiger partial charge in [0.05, 0.1) is 20.1 Å². The van der Waals surface area contributed by atoms with Crippen molar-refractivity contribution in [2.24, 2.45) is 11.8 Å². The SMILES string of the molecule is CCCC(CCNc1cc(OC)ccc1C)COc1cccc(C(CC(=O)O)C2CCC2)c1. The number of rotatable bonds is 14. The van der Waals surface area contributed by atoms with Crippen LogP contribution in [-0.2, 0) is 4.79 Å². The first-order valence-corrected chi connectivity index (χ1v) is 12.3. The van der Waals surface area contributed by atoms with E-state index in [1.165, 1.54) is 12.0 Å². The number of anilines is 1. The summed E-state index contributed by atoms with van der Waals surface area (Å²) in [6, 6.07) is 14.2. The number of benzene rings is 2. The van der Waals surface area contributed by atoms with Gasteiger partial charge in [-0.3, -0.25) is 4.79 Å². The van der Waals surface area contributed by atoms with E-state index < -0.39 is 5.97 Å². The Kier molecular flexibility index (Phi) is 9.47. The van der Waals surface area contributed by atoms with E-state index in [2.05, 4.69) is 37.4 Å². The molecule has 1 saturated carbocycles. The number of ether oxygens (including phenoxy) is 2. The standard InChI is InChI=1S/C28H39NO4/c1-4-7-21(14-15-29-27-17-24(32-3)13-12-20(27)2)19-33-25-11-6-10-23(16-25)26(18-28(30)31)22-8-5-9-22/h6,10-13,16-17,21-22,26,29H,4-5,7-9,14-15,18-19H2,1-3H3,(H,30,31). The van der Waals surface area contributed by atoms with Crippen molar-refractivity contribution in [1.82, 2.24) is 0 Å². The second kappa shape index (κ2) is 12.5. The maximum absolute atomic E-state index is 11.4. The van der Waals surface area contributed by atoms with Gasteiger partial charge in [-0.05, 0) is 79.7 Å². The van der Waals surface area contributed by atoms with Crippen LogP contribution in [0, 0.1) is 18.8 Å². The monoisotopic (exact) mass is 453 g/mol. The molecule has 0 bridgehead atoms. The minimum atomic E-state index is -0.722. The summed E-state index contributed by atoms with van der Waals surface area (Å²) in [6.07, 6.45) is 6.91. The van der Waals surface area contributed by atoms with Crippen molar-refractivity contribution in [3.8, 4) is 11.5 Å². The van der Waals surface area contributed by atoms with Crippen molar-refractivity contribution < 1.29 is 19.4 Å². The van der Waals surface area contributed by atoms with Gasteiger partial charge in [0.2, 0.25) is 0 Å². The fraction of sp³-hybridized carbons (Fsp3) is 0.536. The summed E-state index contributed by atoms with van der Waals surface area (Å²) >= 11 is 0. The van der Waals surface area contributed by atoms with Gasteiger partial charge in [-0.25, -0.2) is 0 Å². The largest absolute Gasteiger partial charge is 0.497 e. The molecular weight excluding hydrogens is 414 g/mol. The van der Waals surface area contributed by atoms with E-state index in [0.29, 0.717) is 18.4 Å². The molecule has 0 aromatic heterocycles. The van der Waals surface area contributed by atoms with E-state index in [1.54, 1.807) is 7.11 Å². The molecule has 0 spiro atoms. The first-order valence-electron chi connectivity index (χ1n) is 12.3. The topological polar surface area (TPSA) is 67.8 Å². The van der Waals surface area contributed by atoms with Gasteiger partial charge in [0, 0.05) is 18.3 Å². The van der Waals surface area contributed by atoms with Gasteiger partial charge < -0.3 is 19.9 Å². The van der Waals surface area contributed by atoms with Crippen molar-refractivity contribution in [3.63, 3.8) is 0 Å². The molecule has 5 nitrogen and oxygen atoms in total. The van der Waals surface area contributed by atoms with E-state index in [-0.39, 0.29) is 12.3 Å². The summed E-state index contributed by atoms with van der Waals surface area (Å²) in [5.74, 6) is 2.01. The third kappa shape index (κ3) is 7.41. The zero-order chi connectivity index (χ0) is 23.6. The molecule has 1 aliphatic carbocycles. The number of hydrogen-bond donors (Lipinski definition) is 2. The quantitative estimate of drug-likeness (QED) is 0.335. The lowest BCUT2D eigenvalue weighted by molar-refractivity contribution is -0.138. The molecule has 2 atom stereocenters. The number of carboxylic acids is 1. The Balaban J connectivity index is 1.56. The molecule has 1 fully saturated rings. The Labute approximate surface area is 198 Å². The highest BCUT2D eigenvalue weighted by molar-refractivity contribution is 5.68. The van der Waals surface area contributed by atoms with E-state index in [1.807, 2.05) is 24.3 Å². The summed E-state index contributed by atoms with van der Waals surface area (Å²) in [5, 5.41) is 12.9. The predicted octanol–water partition coefficient (Wildman–Crippen LogP) is 6.66. The molecule has 33 heavy (non-hydrogen) atoms. The minimum Gasteiger partial charge on any atom is -0.497 e. The van der Waals surface area contributed by atoms with E-state index >= 15 is 0 Å². The van der Waals surface area contributed by atoms with Crippen LogP contribution >= 0.6 is 0 Å². The van der Waals surface area contributed by atoms with Gasteiger partial charge in [0.1, 0.15) is 11.5 Å². The van der Waals surface area contributed by atoms with Crippen LogP contribution in [0.1, 0.15) is 68.9 Å². The Morgan fingerprint density at radius 2 is 1.97 bits per heavy atom. The Morgan fingerprint density at radius 1 is 1.15 bits per heavy atom. The lowest BCUT2D eigenvalue weighted by Crippen LogP contribution is -2.23. The van der Waals surface area contributed by atoms with Crippen LogP contribution in [-0.4, -0.2) is 31.3 Å². The number of nitrogens with one attached hydrogen (secondary N) is 1. The smallest absolute Gasteiger partial charge is 0.303 e. The number of aliphatic carboxylic acids is 1. The number of methoxy groups -OCH3 is 1. The first kappa shape index (κ1) is 24.9. The molecule has 0 heterocycles. The average molecular weight is 454 g/mol. The average Bonchev–Trinajstić information content (AvgIpc) is 2.77. The van der Waals surface area contributed by atoms with Crippen molar-refractivity contribution in [3.05, 3.63) is 53.6 Å². The highest BCUT2D eigenvalue weighted by Gasteiger charge is 2.30. The van der Waals surface area contributed by atoms with Crippen LogP contribution in [0.3, 0.4) is 0 Å². The minimum absolute atomic E-state index is 0.0848. The molecule has 2 aromatic carbocycles. The first-order chi connectivity index (χ1) is 16.0. The summed E-state index contributed by atoms with van der Waals surface area (Å²) in [6.45, 7) is 5.86. The number of aryl methyl sites for hydroxylation is 1. The van der Waals surface area contributed by atoms with Gasteiger partial charge in [-0.1, -0.05) is 38.0 Å². The van der Waals surface area contributed by atoms with Gasteiger partial charge in [-0.15, -0.1) is 0 Å². The molecular formula is C28H39NO4. The highest BCUT2D eigenvalue weighted by Crippen LogP contribution is 2.42. The normalized spacial score (nSPS) is 15.4. The van der Waals surface area contributed by atoms with Crippen LogP contribution < -0.4 is 14.8 Å². The molecule has 0 amide bonds. The van der Waals surface area contributed by atoms with E-state index in [4.69, 9.17) is 9.47 Å². The molecule has 2 unspecified atom stereocenters. The number of carboxylic acid groups (broad SMARTS) is 1. The highest BCUT2D eigenvalue weighted by atomic mass is 16.5. The van der Waals surface area contributed by atoms with Crippen molar-refractivity contribution in [1.29, 1.82) is 0 Å². The number of carbonyl (C=O) groups is 1. The van der Waals surface area contributed by atoms with Gasteiger partial charge in [0.25, 0.3) is 0 Å². The maximum Gasteiger partial charge on any atom is 0.303 e. The van der Waals surface area contributed by atoms with Crippen molar-refractivity contribution >= 4 is 11.7 Å². The molecule has 2 aromatic rings. The van der Waals surface area contributed by atoms with Gasteiger partial charge >= 0.3 is 5.97 Å². The molecule has 2 N–H and O–H groups in total. The summed E-state index contributed by atoms with van der Waals surface area (Å²) < 4.78 is 11.6. The Bertz CT molecular complexity index is 893. The summed E-state index contributed by atoms with van der Waals surface area (Å²) in [4.78, 5) is 11.4. The fourth-order valence-corrected chi connectivity index (χ4v) is 4.68. The third-order valence-electron chi connectivity index (χ3n) is 6.90. The summed E-state index contributed by atoms with van der Waals surface area (Å²) in [5.41, 5.74) is 3.42. The predicted molar refractivity (Wildman–Crippen MR) is 134 cm³/mol. The van der Waals surface area contributed by atoms with Crippen LogP contribution in [0.5, 0.6) is 11.5 Å². The zero-order valence-electron chi connectivity index (χ0n) is 20.3. The maximum atomic E-state index is 11.4.